The van der Waals surface area contributed by atoms with Crippen LogP contribution in [0, 0.1) is 6.92 Å². The van der Waals surface area contributed by atoms with Crippen LogP contribution in [0.15, 0.2) is 114 Å². The van der Waals surface area contributed by atoms with Crippen LogP contribution in [0.5, 0.6) is 0 Å². The van der Waals surface area contributed by atoms with E-state index >= 15 is 0 Å². The molecule has 0 aliphatic carbocycles. The zero-order valence-corrected chi connectivity index (χ0v) is 27.0. The van der Waals surface area contributed by atoms with E-state index in [-0.39, 0.29) is 29.5 Å². The van der Waals surface area contributed by atoms with Crippen molar-refractivity contribution in [2.24, 2.45) is 0 Å². The number of hydrogen-bond acceptors (Lipinski definition) is 4. The van der Waals surface area contributed by atoms with E-state index in [2.05, 4.69) is 5.32 Å². The minimum absolute atomic E-state index is 0.0387. The molecule has 0 radical (unpaired) electrons. The fourth-order valence-electron chi connectivity index (χ4n) is 4.78. The van der Waals surface area contributed by atoms with Crippen LogP contribution in [0.3, 0.4) is 0 Å². The number of rotatable bonds is 11. The molecule has 2 amide bonds. The van der Waals surface area contributed by atoms with E-state index in [4.69, 9.17) is 11.6 Å². The molecule has 1 unspecified atom stereocenters. The molecular formula is C35H38ClN3O4S. The third-order valence-electron chi connectivity index (χ3n) is 6.95. The molecule has 4 aromatic rings. The second kappa shape index (κ2) is 14.1. The smallest absolute Gasteiger partial charge is 0.264 e. The lowest BCUT2D eigenvalue weighted by Gasteiger charge is -2.35. The molecule has 4 rings (SSSR count). The maximum atomic E-state index is 14.5. The molecule has 0 heterocycles. The van der Waals surface area contributed by atoms with Crippen LogP contribution in [-0.2, 0) is 32.6 Å². The quantitative estimate of drug-likeness (QED) is 0.208. The molecule has 4 aromatic carbocycles. The number of sulfonamides is 1. The molecule has 1 N–H and O–H groups in total. The van der Waals surface area contributed by atoms with Crippen LogP contribution >= 0.6 is 11.6 Å². The number of anilines is 1. The van der Waals surface area contributed by atoms with Crippen LogP contribution in [0.1, 0.15) is 37.5 Å². The molecule has 0 bridgehead atoms. The topological polar surface area (TPSA) is 86.8 Å². The van der Waals surface area contributed by atoms with Crippen LogP contribution in [0.25, 0.3) is 0 Å². The van der Waals surface area contributed by atoms with Crippen molar-refractivity contribution in [1.82, 2.24) is 10.2 Å². The fraction of sp³-hybridized carbons (Fsp3) is 0.257. The molecule has 44 heavy (non-hydrogen) atoms. The predicted molar refractivity (Wildman–Crippen MR) is 176 cm³/mol. The fourth-order valence-corrected chi connectivity index (χ4v) is 6.37. The number of carbonyl (C=O) groups excluding carboxylic acids is 2. The Balaban J connectivity index is 1.80. The van der Waals surface area contributed by atoms with Gasteiger partial charge in [0.1, 0.15) is 12.6 Å². The minimum Gasteiger partial charge on any atom is -0.350 e. The molecule has 0 fully saturated rings. The van der Waals surface area contributed by atoms with Crippen molar-refractivity contribution in [3.05, 3.63) is 131 Å². The van der Waals surface area contributed by atoms with Crippen molar-refractivity contribution in [3.63, 3.8) is 0 Å². The van der Waals surface area contributed by atoms with Crippen LogP contribution < -0.4 is 9.62 Å². The SMILES string of the molecule is Cc1ccc(S(=O)(=O)N(CC(=O)N(Cc2ccccc2)C(Cc2ccccc2)C(=O)NC(C)(C)C)c2cccc(Cl)c2)cc1. The van der Waals surface area contributed by atoms with Crippen molar-refractivity contribution in [1.29, 1.82) is 0 Å². The van der Waals surface area contributed by atoms with E-state index in [1.54, 1.807) is 30.3 Å². The van der Waals surface area contributed by atoms with E-state index in [1.165, 1.54) is 23.1 Å². The number of halogens is 1. The minimum atomic E-state index is -4.20. The molecule has 0 spiro atoms. The highest BCUT2D eigenvalue weighted by Gasteiger charge is 2.35. The van der Waals surface area contributed by atoms with Crippen LogP contribution in [0.2, 0.25) is 5.02 Å². The van der Waals surface area contributed by atoms with Gasteiger partial charge in [-0.15, -0.1) is 0 Å². The van der Waals surface area contributed by atoms with Gasteiger partial charge in [0.05, 0.1) is 10.6 Å². The Labute approximate surface area is 265 Å². The number of amides is 2. The summed E-state index contributed by atoms with van der Waals surface area (Å²) in [5.41, 5.74) is 2.25. The molecule has 0 saturated carbocycles. The molecule has 1 atom stereocenters. The highest BCUT2D eigenvalue weighted by Crippen LogP contribution is 2.27. The average Bonchev–Trinajstić information content (AvgIpc) is 2.98. The van der Waals surface area contributed by atoms with E-state index in [0.717, 1.165) is 21.0 Å². The van der Waals surface area contributed by atoms with Gasteiger partial charge in [-0.1, -0.05) is 96.0 Å². The summed E-state index contributed by atoms with van der Waals surface area (Å²) >= 11 is 6.29. The van der Waals surface area contributed by atoms with Gasteiger partial charge in [0.25, 0.3) is 10.0 Å². The average molecular weight is 632 g/mol. The molecule has 0 aromatic heterocycles. The summed E-state index contributed by atoms with van der Waals surface area (Å²) in [7, 11) is -4.20. The second-order valence-electron chi connectivity index (χ2n) is 11.8. The summed E-state index contributed by atoms with van der Waals surface area (Å²) in [6.45, 7) is 7.06. The Hall–Kier alpha value is -4.14. The summed E-state index contributed by atoms with van der Waals surface area (Å²) in [5, 5.41) is 3.36. The Kier molecular flexibility index (Phi) is 10.5. The van der Waals surface area contributed by atoms with E-state index < -0.39 is 34.1 Å². The standard InChI is InChI=1S/C35H38ClN3O4S/c1-26-18-20-31(21-19-26)44(42,43)39(30-17-11-16-29(36)23-30)25-33(40)38(24-28-14-9-6-10-15-28)32(34(41)37-35(2,3)4)22-27-12-7-5-8-13-27/h5-21,23,32H,22,24-25H2,1-4H3,(H,37,41). The lowest BCUT2D eigenvalue weighted by atomic mass is 10.0. The number of nitrogens with one attached hydrogen (secondary N) is 1. The number of nitrogens with zero attached hydrogens (tertiary/aromatic N) is 2. The largest absolute Gasteiger partial charge is 0.350 e. The van der Waals surface area contributed by atoms with E-state index in [9.17, 15) is 18.0 Å². The number of carbonyl (C=O) groups is 2. The van der Waals surface area contributed by atoms with Gasteiger partial charge in [0.15, 0.2) is 0 Å². The Morgan fingerprint density at radius 3 is 1.98 bits per heavy atom. The maximum Gasteiger partial charge on any atom is 0.264 e. The van der Waals surface area contributed by atoms with Gasteiger partial charge in [-0.2, -0.15) is 0 Å². The van der Waals surface area contributed by atoms with Gasteiger partial charge < -0.3 is 10.2 Å². The normalized spacial score (nSPS) is 12.3. The van der Waals surface area contributed by atoms with Gasteiger partial charge in [-0.25, -0.2) is 8.42 Å². The van der Waals surface area contributed by atoms with Gasteiger partial charge in [0.2, 0.25) is 11.8 Å². The van der Waals surface area contributed by atoms with Gasteiger partial charge in [0, 0.05) is 23.5 Å². The monoisotopic (exact) mass is 631 g/mol. The zero-order chi connectivity index (χ0) is 31.9. The summed E-state index contributed by atoms with van der Waals surface area (Å²) in [5.74, 6) is -0.865. The van der Waals surface area contributed by atoms with E-state index in [0.29, 0.717) is 5.02 Å². The summed E-state index contributed by atoms with van der Waals surface area (Å²) in [4.78, 5) is 29.9. The van der Waals surface area contributed by atoms with Gasteiger partial charge in [-0.05, 0) is 69.2 Å². The highest BCUT2D eigenvalue weighted by atomic mass is 35.5. The van der Waals surface area contributed by atoms with Crippen molar-refractivity contribution in [2.45, 2.75) is 57.1 Å². The van der Waals surface area contributed by atoms with E-state index in [1.807, 2.05) is 88.4 Å². The number of hydrogen-bond donors (Lipinski definition) is 1. The molecule has 0 aliphatic heterocycles. The first kappa shape index (κ1) is 32.8. The number of aryl methyl sites for hydroxylation is 1. The third-order valence-corrected chi connectivity index (χ3v) is 8.97. The lowest BCUT2D eigenvalue weighted by Crippen LogP contribution is -2.56. The summed E-state index contributed by atoms with van der Waals surface area (Å²) in [6, 6.07) is 30.7. The number of benzene rings is 4. The van der Waals surface area contributed by atoms with Gasteiger partial charge in [-0.3, -0.25) is 13.9 Å². The lowest BCUT2D eigenvalue weighted by molar-refractivity contribution is -0.140. The van der Waals surface area contributed by atoms with Gasteiger partial charge >= 0.3 is 0 Å². The first-order valence-corrected chi connectivity index (χ1v) is 16.2. The molecule has 7 nitrogen and oxygen atoms in total. The predicted octanol–water partition coefficient (Wildman–Crippen LogP) is 6.40. The summed E-state index contributed by atoms with van der Waals surface area (Å²) < 4.78 is 29.2. The Morgan fingerprint density at radius 1 is 0.818 bits per heavy atom. The van der Waals surface area contributed by atoms with Crippen molar-refractivity contribution in [3.8, 4) is 0 Å². The molecule has 230 valence electrons. The molecular weight excluding hydrogens is 594 g/mol. The zero-order valence-electron chi connectivity index (χ0n) is 25.4. The second-order valence-corrected chi connectivity index (χ2v) is 14.1. The van der Waals surface area contributed by atoms with Crippen molar-refractivity contribution >= 4 is 39.1 Å². The van der Waals surface area contributed by atoms with Crippen molar-refractivity contribution in [2.75, 3.05) is 10.8 Å². The van der Waals surface area contributed by atoms with Crippen LogP contribution in [-0.4, -0.2) is 43.3 Å². The summed E-state index contributed by atoms with van der Waals surface area (Å²) in [6.07, 6.45) is 0.239. The highest BCUT2D eigenvalue weighted by molar-refractivity contribution is 7.92. The Bertz CT molecular complexity index is 1670. The first-order chi connectivity index (χ1) is 20.8. The van der Waals surface area contributed by atoms with Crippen molar-refractivity contribution < 1.29 is 18.0 Å². The molecule has 9 heteroatoms. The van der Waals surface area contributed by atoms with Crippen LogP contribution in [0.4, 0.5) is 5.69 Å². The first-order valence-electron chi connectivity index (χ1n) is 14.4. The maximum absolute atomic E-state index is 14.5. The molecule has 0 aliphatic rings. The molecule has 0 saturated heterocycles. The third kappa shape index (κ3) is 8.71. The Morgan fingerprint density at radius 2 is 1.41 bits per heavy atom.